The summed E-state index contributed by atoms with van der Waals surface area (Å²) in [5, 5.41) is 0.746. The Hall–Kier alpha value is -1.43. The van der Waals surface area contributed by atoms with Crippen molar-refractivity contribution in [2.45, 2.75) is 26.5 Å². The van der Waals surface area contributed by atoms with E-state index in [0.717, 1.165) is 6.26 Å². The molecule has 7 heteroatoms. The van der Waals surface area contributed by atoms with Crippen molar-refractivity contribution in [1.82, 2.24) is 0 Å². The molecular formula is C17H19Cl2NO3S. The highest BCUT2D eigenvalue weighted by Crippen LogP contribution is 2.30. The summed E-state index contributed by atoms with van der Waals surface area (Å²) in [5.74, 6) is 0.683. The number of sulfonamides is 1. The van der Waals surface area contributed by atoms with E-state index in [4.69, 9.17) is 27.9 Å². The molecular weight excluding hydrogens is 369 g/mol. The lowest BCUT2D eigenvalue weighted by Gasteiger charge is -2.23. The van der Waals surface area contributed by atoms with Gasteiger partial charge in [0.1, 0.15) is 5.75 Å². The number of benzene rings is 2. The van der Waals surface area contributed by atoms with Crippen molar-refractivity contribution < 1.29 is 13.2 Å². The molecule has 4 nitrogen and oxygen atoms in total. The van der Waals surface area contributed by atoms with Crippen molar-refractivity contribution >= 4 is 38.9 Å². The number of nitrogens with zero attached hydrogens (tertiary/aromatic N) is 1. The standard InChI is InChI=1S/C17H19Cl2NO3S/c1-12(2)23-15-9-7-14(8-10-15)20(24(3,21)22)11-13-5-4-6-16(18)17(13)19/h4-10,12H,11H2,1-3H3. The molecule has 0 amide bonds. The maximum absolute atomic E-state index is 12.2. The first kappa shape index (κ1) is 18.9. The van der Waals surface area contributed by atoms with E-state index in [1.165, 1.54) is 4.31 Å². The summed E-state index contributed by atoms with van der Waals surface area (Å²) in [4.78, 5) is 0. The van der Waals surface area contributed by atoms with Gasteiger partial charge in [0, 0.05) is 0 Å². The van der Waals surface area contributed by atoms with Crippen LogP contribution in [0.25, 0.3) is 0 Å². The summed E-state index contributed by atoms with van der Waals surface area (Å²) < 4.78 is 31.3. The SMILES string of the molecule is CC(C)Oc1ccc(N(Cc2cccc(Cl)c2Cl)S(C)(=O)=O)cc1. The van der Waals surface area contributed by atoms with Crippen molar-refractivity contribution in [3.63, 3.8) is 0 Å². The van der Waals surface area contributed by atoms with Crippen LogP contribution in [0.1, 0.15) is 19.4 Å². The van der Waals surface area contributed by atoms with E-state index < -0.39 is 10.0 Å². The molecule has 0 radical (unpaired) electrons. The quantitative estimate of drug-likeness (QED) is 0.718. The zero-order valence-electron chi connectivity index (χ0n) is 13.7. The van der Waals surface area contributed by atoms with Crippen LogP contribution in [0.15, 0.2) is 42.5 Å². The van der Waals surface area contributed by atoms with Crippen LogP contribution in [0.3, 0.4) is 0 Å². The number of hydrogen-bond acceptors (Lipinski definition) is 3. The van der Waals surface area contributed by atoms with E-state index in [1.54, 1.807) is 42.5 Å². The van der Waals surface area contributed by atoms with Gasteiger partial charge < -0.3 is 4.74 Å². The molecule has 0 saturated heterocycles. The summed E-state index contributed by atoms with van der Waals surface area (Å²) in [6, 6.07) is 12.1. The maximum Gasteiger partial charge on any atom is 0.232 e. The van der Waals surface area contributed by atoms with Crippen LogP contribution in [0.5, 0.6) is 5.75 Å². The second-order valence-electron chi connectivity index (χ2n) is 5.64. The molecule has 0 unspecified atom stereocenters. The van der Waals surface area contributed by atoms with Crippen LogP contribution in [-0.2, 0) is 16.6 Å². The Kier molecular flexibility index (Phi) is 6.01. The van der Waals surface area contributed by atoms with Gasteiger partial charge in [-0.05, 0) is 49.7 Å². The summed E-state index contributed by atoms with van der Waals surface area (Å²) in [7, 11) is -3.49. The highest BCUT2D eigenvalue weighted by Gasteiger charge is 2.20. The fourth-order valence-corrected chi connectivity index (χ4v) is 3.45. The number of hydrogen-bond donors (Lipinski definition) is 0. The van der Waals surface area contributed by atoms with E-state index in [0.29, 0.717) is 27.0 Å². The zero-order valence-corrected chi connectivity index (χ0v) is 16.0. The molecule has 0 atom stereocenters. The van der Waals surface area contributed by atoms with Gasteiger partial charge in [-0.3, -0.25) is 4.31 Å². The van der Waals surface area contributed by atoms with Gasteiger partial charge >= 0.3 is 0 Å². The van der Waals surface area contributed by atoms with Crippen LogP contribution in [-0.4, -0.2) is 20.8 Å². The van der Waals surface area contributed by atoms with E-state index in [2.05, 4.69) is 0 Å². The lowest BCUT2D eigenvalue weighted by molar-refractivity contribution is 0.242. The van der Waals surface area contributed by atoms with Gasteiger partial charge in [0.25, 0.3) is 0 Å². The van der Waals surface area contributed by atoms with Crippen molar-refractivity contribution in [3.05, 3.63) is 58.1 Å². The lowest BCUT2D eigenvalue weighted by atomic mass is 10.2. The molecule has 0 aliphatic rings. The third-order valence-corrected chi connectivity index (χ3v) is 5.24. The molecule has 0 N–H and O–H groups in total. The van der Waals surface area contributed by atoms with Crippen molar-refractivity contribution in [2.75, 3.05) is 10.6 Å². The summed E-state index contributed by atoms with van der Waals surface area (Å²) >= 11 is 12.2. The van der Waals surface area contributed by atoms with Gasteiger partial charge in [-0.1, -0.05) is 35.3 Å². The molecule has 0 bridgehead atoms. The van der Waals surface area contributed by atoms with Crippen molar-refractivity contribution in [2.24, 2.45) is 0 Å². The molecule has 0 aliphatic carbocycles. The molecule has 2 aromatic carbocycles. The van der Waals surface area contributed by atoms with Gasteiger partial charge in [0.05, 0.1) is 34.6 Å². The average Bonchev–Trinajstić information content (AvgIpc) is 2.48. The number of rotatable bonds is 6. The first-order valence-corrected chi connectivity index (χ1v) is 9.96. The van der Waals surface area contributed by atoms with Crippen LogP contribution < -0.4 is 9.04 Å². The highest BCUT2D eigenvalue weighted by molar-refractivity contribution is 7.92. The monoisotopic (exact) mass is 387 g/mol. The molecule has 0 aromatic heterocycles. The summed E-state index contributed by atoms with van der Waals surface area (Å²) in [5.41, 5.74) is 1.17. The first-order valence-electron chi connectivity index (χ1n) is 7.36. The van der Waals surface area contributed by atoms with Gasteiger partial charge in [-0.15, -0.1) is 0 Å². The van der Waals surface area contributed by atoms with Gasteiger partial charge in [0.15, 0.2) is 0 Å². The Balaban J connectivity index is 2.34. The van der Waals surface area contributed by atoms with Gasteiger partial charge in [-0.2, -0.15) is 0 Å². The second kappa shape index (κ2) is 7.64. The molecule has 2 aromatic rings. The van der Waals surface area contributed by atoms with Crippen LogP contribution in [0, 0.1) is 0 Å². The molecule has 130 valence electrons. The summed E-state index contributed by atoms with van der Waals surface area (Å²) in [6.07, 6.45) is 1.20. The Bertz CT molecular complexity index is 805. The molecule has 0 fully saturated rings. The van der Waals surface area contributed by atoms with Crippen LogP contribution in [0.2, 0.25) is 10.0 Å². The first-order chi connectivity index (χ1) is 11.2. The predicted octanol–water partition coefficient (Wildman–Crippen LogP) is 4.75. The predicted molar refractivity (Wildman–Crippen MR) is 99.7 cm³/mol. The molecule has 0 heterocycles. The third-order valence-electron chi connectivity index (χ3n) is 3.24. The van der Waals surface area contributed by atoms with Crippen molar-refractivity contribution in [1.29, 1.82) is 0 Å². The molecule has 0 spiro atoms. The van der Waals surface area contributed by atoms with E-state index in [-0.39, 0.29) is 12.6 Å². The van der Waals surface area contributed by atoms with E-state index in [1.807, 2.05) is 13.8 Å². The minimum Gasteiger partial charge on any atom is -0.491 e. The largest absolute Gasteiger partial charge is 0.491 e. The highest BCUT2D eigenvalue weighted by atomic mass is 35.5. The Morgan fingerprint density at radius 2 is 1.71 bits per heavy atom. The second-order valence-corrected chi connectivity index (χ2v) is 8.34. The normalized spacial score (nSPS) is 11.6. The van der Waals surface area contributed by atoms with Gasteiger partial charge in [-0.25, -0.2) is 8.42 Å². The topological polar surface area (TPSA) is 46.6 Å². The molecule has 24 heavy (non-hydrogen) atoms. The third kappa shape index (κ3) is 4.79. The molecule has 0 aliphatic heterocycles. The smallest absolute Gasteiger partial charge is 0.232 e. The van der Waals surface area contributed by atoms with Crippen molar-refractivity contribution in [3.8, 4) is 5.75 Å². The van der Waals surface area contributed by atoms with E-state index in [9.17, 15) is 8.42 Å². The van der Waals surface area contributed by atoms with Crippen LogP contribution >= 0.6 is 23.2 Å². The fraction of sp³-hybridized carbons (Fsp3) is 0.294. The molecule has 2 rings (SSSR count). The summed E-state index contributed by atoms with van der Waals surface area (Å²) in [6.45, 7) is 3.96. The Labute approximate surface area is 153 Å². The Morgan fingerprint density at radius 3 is 2.25 bits per heavy atom. The lowest BCUT2D eigenvalue weighted by Crippen LogP contribution is -2.29. The Morgan fingerprint density at radius 1 is 1.08 bits per heavy atom. The van der Waals surface area contributed by atoms with E-state index >= 15 is 0 Å². The van der Waals surface area contributed by atoms with Crippen LogP contribution in [0.4, 0.5) is 5.69 Å². The fourth-order valence-electron chi connectivity index (χ4n) is 2.19. The minimum atomic E-state index is -3.49. The minimum absolute atomic E-state index is 0.0483. The number of halogens is 2. The zero-order chi connectivity index (χ0) is 17.9. The molecule has 0 saturated carbocycles. The maximum atomic E-state index is 12.2. The number of ether oxygens (including phenoxy) is 1. The number of anilines is 1. The average molecular weight is 388 g/mol. The van der Waals surface area contributed by atoms with Gasteiger partial charge in [0.2, 0.25) is 10.0 Å².